The number of hydrogen-bond donors (Lipinski definition) is 1. The molecule has 0 saturated carbocycles. The summed E-state index contributed by atoms with van der Waals surface area (Å²) in [5.41, 5.74) is 1.03. The highest BCUT2D eigenvalue weighted by atomic mass is 35.5. The second kappa shape index (κ2) is 7.45. The van der Waals surface area contributed by atoms with Gasteiger partial charge in [-0.1, -0.05) is 11.6 Å². The van der Waals surface area contributed by atoms with Crippen LogP contribution in [0.25, 0.3) is 0 Å². The van der Waals surface area contributed by atoms with Gasteiger partial charge in [0.05, 0.1) is 33.0 Å². The summed E-state index contributed by atoms with van der Waals surface area (Å²) in [5, 5.41) is 9.96. The van der Waals surface area contributed by atoms with E-state index < -0.39 is 11.9 Å². The van der Waals surface area contributed by atoms with Crippen LogP contribution in [0.4, 0.5) is 5.69 Å². The largest absolute Gasteiger partial charge is 0.466 e. The lowest BCUT2D eigenvalue weighted by atomic mass is 10.1. The Hall–Kier alpha value is -2.09. The van der Waals surface area contributed by atoms with Gasteiger partial charge in [0.25, 0.3) is 0 Å². The molecule has 1 heterocycles. The second-order valence-corrected chi connectivity index (χ2v) is 5.08. The van der Waals surface area contributed by atoms with Gasteiger partial charge in [0.2, 0.25) is 0 Å². The maximum absolute atomic E-state index is 12.2. The molecule has 7 nitrogen and oxygen atoms in total. The minimum absolute atomic E-state index is 0.0135. The smallest absolute Gasteiger partial charge is 0.355 e. The average Bonchev–Trinajstić information content (AvgIpc) is 2.59. The van der Waals surface area contributed by atoms with E-state index in [0.717, 1.165) is 0 Å². The number of anilines is 1. The SMILES string of the molecule is COC(=O)C1=C(C(=O)OC)N(c2ccc(Cl)cc2CO)COC1. The van der Waals surface area contributed by atoms with Gasteiger partial charge in [0.1, 0.15) is 12.4 Å². The normalized spacial score (nSPS) is 14.7. The molecule has 0 aromatic heterocycles. The van der Waals surface area contributed by atoms with Crippen molar-refractivity contribution in [1.82, 2.24) is 0 Å². The predicted molar refractivity (Wildman–Crippen MR) is 81.7 cm³/mol. The van der Waals surface area contributed by atoms with Gasteiger partial charge in [0.15, 0.2) is 0 Å². The topological polar surface area (TPSA) is 85.3 Å². The number of carbonyl (C=O) groups is 2. The molecule has 0 aliphatic carbocycles. The Balaban J connectivity index is 2.60. The Morgan fingerprint density at radius 3 is 2.61 bits per heavy atom. The monoisotopic (exact) mass is 341 g/mol. The van der Waals surface area contributed by atoms with Crippen molar-refractivity contribution in [3.63, 3.8) is 0 Å². The Labute approximate surface area is 138 Å². The third-order valence-corrected chi connectivity index (χ3v) is 3.57. The lowest BCUT2D eigenvalue weighted by Gasteiger charge is -2.32. The van der Waals surface area contributed by atoms with Gasteiger partial charge in [-0.3, -0.25) is 0 Å². The van der Waals surface area contributed by atoms with Crippen LogP contribution in [-0.4, -0.2) is 44.6 Å². The fourth-order valence-corrected chi connectivity index (χ4v) is 2.47. The molecule has 1 N–H and O–H groups in total. The van der Waals surface area contributed by atoms with Crippen LogP contribution in [0.15, 0.2) is 29.5 Å². The maximum Gasteiger partial charge on any atom is 0.355 e. The van der Waals surface area contributed by atoms with Gasteiger partial charge in [0, 0.05) is 16.3 Å². The minimum atomic E-state index is -0.701. The van der Waals surface area contributed by atoms with Crippen molar-refractivity contribution in [1.29, 1.82) is 0 Å². The molecule has 0 saturated heterocycles. The summed E-state index contributed by atoms with van der Waals surface area (Å²) in [6.07, 6.45) is 0. The van der Waals surface area contributed by atoms with E-state index in [1.54, 1.807) is 18.2 Å². The molecule has 0 radical (unpaired) electrons. The molecule has 0 bridgehead atoms. The van der Waals surface area contributed by atoms with Crippen molar-refractivity contribution in [2.75, 3.05) is 32.5 Å². The average molecular weight is 342 g/mol. The highest BCUT2D eigenvalue weighted by molar-refractivity contribution is 6.30. The first-order valence-corrected chi connectivity index (χ1v) is 7.05. The summed E-state index contributed by atoms with van der Waals surface area (Å²) in [6, 6.07) is 4.80. The molecule has 0 unspecified atom stereocenters. The van der Waals surface area contributed by atoms with Crippen LogP contribution in [0.5, 0.6) is 0 Å². The number of esters is 2. The van der Waals surface area contributed by atoms with Crippen LogP contribution in [0.2, 0.25) is 5.02 Å². The number of ether oxygens (including phenoxy) is 3. The first kappa shape index (κ1) is 17.3. The summed E-state index contributed by atoms with van der Waals surface area (Å²) in [5.74, 6) is -1.39. The summed E-state index contributed by atoms with van der Waals surface area (Å²) >= 11 is 5.92. The van der Waals surface area contributed by atoms with Crippen molar-refractivity contribution in [2.24, 2.45) is 0 Å². The molecular formula is C15H16ClNO6. The summed E-state index contributed by atoms with van der Waals surface area (Å²) < 4.78 is 14.8. The number of carbonyl (C=O) groups excluding carboxylic acids is 2. The van der Waals surface area contributed by atoms with Crippen LogP contribution >= 0.6 is 11.6 Å². The second-order valence-electron chi connectivity index (χ2n) is 4.65. The first-order chi connectivity index (χ1) is 11.0. The summed E-state index contributed by atoms with van der Waals surface area (Å²) in [6.45, 7) is -0.358. The highest BCUT2D eigenvalue weighted by Gasteiger charge is 2.33. The Morgan fingerprint density at radius 2 is 2.00 bits per heavy atom. The highest BCUT2D eigenvalue weighted by Crippen LogP contribution is 2.31. The maximum atomic E-state index is 12.2. The van der Waals surface area contributed by atoms with E-state index in [1.807, 2.05) is 0 Å². The number of aliphatic hydroxyl groups is 1. The van der Waals surface area contributed by atoms with E-state index in [9.17, 15) is 14.7 Å². The number of methoxy groups -OCH3 is 2. The molecule has 1 aromatic rings. The lowest BCUT2D eigenvalue weighted by Crippen LogP contribution is -2.39. The summed E-state index contributed by atoms with van der Waals surface area (Å²) in [7, 11) is 2.43. The van der Waals surface area contributed by atoms with Crippen LogP contribution in [0.3, 0.4) is 0 Å². The molecule has 1 aliphatic heterocycles. The predicted octanol–water partition coefficient (Wildman–Crippen LogP) is 1.23. The molecule has 124 valence electrons. The molecule has 23 heavy (non-hydrogen) atoms. The molecule has 1 aromatic carbocycles. The number of benzene rings is 1. The quantitative estimate of drug-likeness (QED) is 0.824. The Bertz CT molecular complexity index is 657. The molecule has 8 heteroatoms. The van der Waals surface area contributed by atoms with Crippen LogP contribution in [0, 0.1) is 0 Å². The molecule has 0 amide bonds. The zero-order valence-corrected chi connectivity index (χ0v) is 13.4. The first-order valence-electron chi connectivity index (χ1n) is 6.67. The molecule has 1 aliphatic rings. The molecule has 0 atom stereocenters. The molecule has 0 fully saturated rings. The fraction of sp³-hybridized carbons (Fsp3) is 0.333. The number of rotatable bonds is 4. The molecule has 2 rings (SSSR count). The lowest BCUT2D eigenvalue weighted by molar-refractivity contribution is -0.140. The van der Waals surface area contributed by atoms with E-state index in [4.69, 9.17) is 25.8 Å². The third-order valence-electron chi connectivity index (χ3n) is 3.34. The number of nitrogens with zero attached hydrogens (tertiary/aromatic N) is 1. The number of halogens is 1. The Kier molecular flexibility index (Phi) is 5.59. The third kappa shape index (κ3) is 3.47. The minimum Gasteiger partial charge on any atom is -0.466 e. The van der Waals surface area contributed by atoms with Crippen molar-refractivity contribution in [2.45, 2.75) is 6.61 Å². The van der Waals surface area contributed by atoms with E-state index >= 15 is 0 Å². The fourth-order valence-electron chi connectivity index (χ4n) is 2.28. The van der Waals surface area contributed by atoms with E-state index in [1.165, 1.54) is 19.1 Å². The van der Waals surface area contributed by atoms with Crippen molar-refractivity contribution < 1.29 is 28.9 Å². The van der Waals surface area contributed by atoms with E-state index in [0.29, 0.717) is 16.3 Å². The zero-order chi connectivity index (χ0) is 17.0. The number of aliphatic hydroxyl groups excluding tert-OH is 1. The Morgan fingerprint density at radius 1 is 1.30 bits per heavy atom. The molecular weight excluding hydrogens is 326 g/mol. The van der Waals surface area contributed by atoms with Crippen molar-refractivity contribution >= 4 is 29.2 Å². The van der Waals surface area contributed by atoms with Gasteiger partial charge in [-0.25, -0.2) is 9.59 Å². The van der Waals surface area contributed by atoms with Gasteiger partial charge < -0.3 is 24.2 Å². The molecule has 0 spiro atoms. The van der Waals surface area contributed by atoms with Crippen LogP contribution in [-0.2, 0) is 30.4 Å². The van der Waals surface area contributed by atoms with E-state index in [2.05, 4.69) is 0 Å². The van der Waals surface area contributed by atoms with E-state index in [-0.39, 0.29) is 31.2 Å². The van der Waals surface area contributed by atoms with Gasteiger partial charge >= 0.3 is 11.9 Å². The van der Waals surface area contributed by atoms with Gasteiger partial charge in [-0.2, -0.15) is 0 Å². The summed E-state index contributed by atoms with van der Waals surface area (Å²) in [4.78, 5) is 25.5. The zero-order valence-electron chi connectivity index (χ0n) is 12.7. The number of hydrogen-bond acceptors (Lipinski definition) is 7. The van der Waals surface area contributed by atoms with Crippen LogP contribution in [0.1, 0.15) is 5.56 Å². The van der Waals surface area contributed by atoms with Crippen molar-refractivity contribution in [3.05, 3.63) is 40.1 Å². The van der Waals surface area contributed by atoms with Gasteiger partial charge in [-0.15, -0.1) is 0 Å². The van der Waals surface area contributed by atoms with Crippen LogP contribution < -0.4 is 4.90 Å². The standard InChI is InChI=1S/C15H16ClNO6/c1-21-14(19)11-7-23-8-17(13(11)15(20)22-2)12-4-3-10(16)5-9(12)6-18/h3-5,18H,6-8H2,1-2H3. The van der Waals surface area contributed by atoms with Gasteiger partial charge in [-0.05, 0) is 18.2 Å². The van der Waals surface area contributed by atoms with Crippen molar-refractivity contribution in [3.8, 4) is 0 Å².